The first kappa shape index (κ1) is 14.2. The first-order valence-electron chi connectivity index (χ1n) is 5.77. The van der Waals surface area contributed by atoms with Crippen molar-refractivity contribution in [3.05, 3.63) is 0 Å². The molecule has 0 heterocycles. The van der Waals surface area contributed by atoms with E-state index in [0.717, 1.165) is 12.8 Å². The predicted molar refractivity (Wildman–Crippen MR) is 62.8 cm³/mol. The molecule has 1 saturated carbocycles. The second-order valence-corrected chi connectivity index (χ2v) is 7.41. The van der Waals surface area contributed by atoms with E-state index in [4.69, 9.17) is 0 Å². The topological polar surface area (TPSA) is 35.1 Å². The van der Waals surface area contributed by atoms with Gasteiger partial charge in [-0.3, -0.25) is 0 Å². The Hall–Kier alpha value is 0.130. The first-order chi connectivity index (χ1) is 7.30. The summed E-state index contributed by atoms with van der Waals surface area (Å²) in [5, 5.41) is 0. The number of hydrogen-bond acceptors (Lipinski definition) is 2. The molecule has 2 nitrogen and oxygen atoms in total. The Kier molecular flexibility index (Phi) is 5.01. The molecule has 1 N–H and O–H groups in total. The van der Waals surface area contributed by atoms with Gasteiger partial charge in [0, 0.05) is 17.8 Å². The van der Waals surface area contributed by atoms with Crippen molar-refractivity contribution >= 4 is 11.4 Å². The van der Waals surface area contributed by atoms with Crippen LogP contribution in [0.15, 0.2) is 0 Å². The largest absolute Gasteiger partial charge is 0.598 e. The van der Waals surface area contributed by atoms with E-state index in [-0.39, 0.29) is 17.2 Å². The molecular formula is C11H21F2NOS. The third-order valence-electron chi connectivity index (χ3n) is 2.70. The van der Waals surface area contributed by atoms with Crippen molar-refractivity contribution in [2.45, 2.75) is 63.7 Å². The average molecular weight is 253 g/mol. The Bertz CT molecular complexity index is 217. The third kappa shape index (κ3) is 4.97. The number of halogens is 2. The normalized spacial score (nSPS) is 21.2. The highest BCUT2D eigenvalue weighted by atomic mass is 32.2. The summed E-state index contributed by atoms with van der Waals surface area (Å²) in [4.78, 5) is 0. The third-order valence-corrected chi connectivity index (χ3v) is 4.33. The maximum atomic E-state index is 12.1. The standard InChI is InChI=1S/C11H21F2NOS/c1-11(2,3)16(15)14-9(8-4-5-8)6-7-10(12)13/h8-10,14H,4-7H2,1-3H3/t9-,16-/m0/s1. The quantitative estimate of drug-likeness (QED) is 0.739. The lowest BCUT2D eigenvalue weighted by atomic mass is 10.1. The smallest absolute Gasteiger partial charge is 0.238 e. The van der Waals surface area contributed by atoms with E-state index in [1.54, 1.807) is 0 Å². The van der Waals surface area contributed by atoms with Crippen LogP contribution >= 0.6 is 0 Å². The van der Waals surface area contributed by atoms with Gasteiger partial charge in [0.15, 0.2) is 0 Å². The van der Waals surface area contributed by atoms with Gasteiger partial charge in [-0.15, -0.1) is 4.72 Å². The minimum absolute atomic E-state index is 0.00550. The molecule has 0 saturated heterocycles. The maximum Gasteiger partial charge on any atom is 0.238 e. The summed E-state index contributed by atoms with van der Waals surface area (Å²) in [7, 11) is 0. The van der Waals surface area contributed by atoms with Crippen LogP contribution in [0.3, 0.4) is 0 Å². The molecule has 16 heavy (non-hydrogen) atoms. The molecule has 0 radical (unpaired) electrons. The maximum absolute atomic E-state index is 12.1. The van der Waals surface area contributed by atoms with Crippen LogP contribution in [-0.2, 0) is 11.4 Å². The van der Waals surface area contributed by atoms with Crippen LogP contribution in [-0.4, -0.2) is 21.8 Å². The van der Waals surface area contributed by atoms with E-state index in [1.165, 1.54) is 0 Å². The SMILES string of the molecule is CC(C)(C)[S@+]([O-])N[C@@H](CCC(F)F)C1CC1. The van der Waals surface area contributed by atoms with E-state index in [2.05, 4.69) is 4.72 Å². The lowest BCUT2D eigenvalue weighted by Crippen LogP contribution is -2.45. The van der Waals surface area contributed by atoms with E-state index in [9.17, 15) is 13.3 Å². The molecule has 0 unspecified atom stereocenters. The Labute approximate surface area is 99.5 Å². The number of nitrogens with one attached hydrogen (secondary N) is 1. The summed E-state index contributed by atoms with van der Waals surface area (Å²) < 4.78 is 38.8. The molecule has 0 amide bonds. The molecule has 2 atom stereocenters. The van der Waals surface area contributed by atoms with Gasteiger partial charge in [-0.05, 0) is 46.0 Å². The van der Waals surface area contributed by atoms with Crippen molar-refractivity contribution < 1.29 is 13.3 Å². The molecule has 0 bridgehead atoms. The Morgan fingerprint density at radius 3 is 2.25 bits per heavy atom. The number of alkyl halides is 2. The van der Waals surface area contributed by atoms with Crippen molar-refractivity contribution in [1.29, 1.82) is 0 Å². The average Bonchev–Trinajstić information content (AvgIpc) is 2.92. The molecule has 1 aliphatic carbocycles. The first-order valence-corrected chi connectivity index (χ1v) is 6.92. The van der Waals surface area contributed by atoms with Crippen molar-refractivity contribution in [3.63, 3.8) is 0 Å². The zero-order valence-electron chi connectivity index (χ0n) is 10.1. The van der Waals surface area contributed by atoms with Crippen molar-refractivity contribution in [2.24, 2.45) is 5.92 Å². The summed E-state index contributed by atoms with van der Waals surface area (Å²) in [6, 6.07) is -0.00550. The van der Waals surface area contributed by atoms with Crippen LogP contribution in [0.4, 0.5) is 8.78 Å². The molecule has 0 aliphatic heterocycles. The molecule has 1 rings (SSSR count). The molecule has 0 aromatic heterocycles. The second kappa shape index (κ2) is 5.65. The highest BCUT2D eigenvalue weighted by Crippen LogP contribution is 2.35. The van der Waals surface area contributed by atoms with Gasteiger partial charge in [-0.1, -0.05) is 0 Å². The molecule has 5 heteroatoms. The van der Waals surface area contributed by atoms with Gasteiger partial charge in [-0.25, -0.2) is 8.78 Å². The van der Waals surface area contributed by atoms with Crippen LogP contribution in [0, 0.1) is 5.92 Å². The summed E-state index contributed by atoms with van der Waals surface area (Å²) in [5.41, 5.74) is 0. The van der Waals surface area contributed by atoms with E-state index >= 15 is 0 Å². The van der Waals surface area contributed by atoms with Gasteiger partial charge in [0.25, 0.3) is 0 Å². The minimum Gasteiger partial charge on any atom is -0.598 e. The summed E-state index contributed by atoms with van der Waals surface area (Å²) in [6.45, 7) is 5.65. The van der Waals surface area contributed by atoms with E-state index in [0.29, 0.717) is 12.3 Å². The summed E-state index contributed by atoms with van der Waals surface area (Å²) in [6.07, 6.45) is 0.204. The molecule has 0 aromatic rings. The molecule has 0 aromatic carbocycles. The van der Waals surface area contributed by atoms with Gasteiger partial charge in [-0.2, -0.15) is 0 Å². The number of rotatable bonds is 6. The van der Waals surface area contributed by atoms with Gasteiger partial charge >= 0.3 is 0 Å². The van der Waals surface area contributed by atoms with Crippen molar-refractivity contribution in [2.75, 3.05) is 0 Å². The Morgan fingerprint density at radius 1 is 1.31 bits per heavy atom. The fourth-order valence-electron chi connectivity index (χ4n) is 1.51. The van der Waals surface area contributed by atoms with Gasteiger partial charge in [0.2, 0.25) is 6.43 Å². The minimum atomic E-state index is -2.26. The zero-order chi connectivity index (χ0) is 12.3. The van der Waals surface area contributed by atoms with Crippen molar-refractivity contribution in [3.8, 4) is 0 Å². The van der Waals surface area contributed by atoms with Gasteiger partial charge in [0.1, 0.15) is 4.75 Å². The highest BCUT2D eigenvalue weighted by molar-refractivity contribution is 7.90. The van der Waals surface area contributed by atoms with Crippen molar-refractivity contribution in [1.82, 2.24) is 4.72 Å². The lowest BCUT2D eigenvalue weighted by Gasteiger charge is -2.28. The van der Waals surface area contributed by atoms with Crippen LogP contribution < -0.4 is 4.72 Å². The molecule has 1 aliphatic rings. The van der Waals surface area contributed by atoms with Crippen LogP contribution in [0.25, 0.3) is 0 Å². The van der Waals surface area contributed by atoms with E-state index < -0.39 is 17.8 Å². The molecule has 1 fully saturated rings. The molecule has 0 spiro atoms. The molecule has 96 valence electrons. The Morgan fingerprint density at radius 2 is 1.88 bits per heavy atom. The van der Waals surface area contributed by atoms with Gasteiger partial charge in [0.05, 0.1) is 6.04 Å². The van der Waals surface area contributed by atoms with Gasteiger partial charge < -0.3 is 4.55 Å². The van der Waals surface area contributed by atoms with Crippen LogP contribution in [0.1, 0.15) is 46.5 Å². The number of hydrogen-bond donors (Lipinski definition) is 1. The monoisotopic (exact) mass is 253 g/mol. The second-order valence-electron chi connectivity index (χ2n) is 5.41. The fourth-order valence-corrected chi connectivity index (χ4v) is 2.45. The summed E-state index contributed by atoms with van der Waals surface area (Å²) >= 11 is -1.16. The highest BCUT2D eigenvalue weighted by Gasteiger charge is 2.37. The Balaban J connectivity index is 2.39. The predicted octanol–water partition coefficient (Wildman–Crippen LogP) is 2.86. The zero-order valence-corrected chi connectivity index (χ0v) is 10.9. The van der Waals surface area contributed by atoms with Crippen LogP contribution in [0.5, 0.6) is 0 Å². The summed E-state index contributed by atoms with van der Waals surface area (Å²) in [5.74, 6) is 0.449. The fraction of sp³-hybridized carbons (Fsp3) is 1.00. The molecular weight excluding hydrogens is 232 g/mol. The lowest BCUT2D eigenvalue weighted by molar-refractivity contribution is 0.130. The van der Waals surface area contributed by atoms with Crippen LogP contribution in [0.2, 0.25) is 0 Å². The van der Waals surface area contributed by atoms with E-state index in [1.807, 2.05) is 20.8 Å².